The van der Waals surface area contributed by atoms with Crippen molar-refractivity contribution in [1.29, 1.82) is 0 Å². The molecule has 0 unspecified atom stereocenters. The van der Waals surface area contributed by atoms with E-state index in [1.165, 1.54) is 6.42 Å². The minimum Gasteiger partial charge on any atom is -0.464 e. The standard InChI is InChI=1S/C21H25N3O3/c1-13-10-18(13)19-9-8-17(27-19)12-24(16-6-7-16)20(25)15-4-2-14(3-5-15)11-23-21(22)26/h2-5,8-9,13,16,18H,6-7,10-12H2,1H3,(H3,22,23,26)/t13-,18+/m1/s1. The van der Waals surface area contributed by atoms with Gasteiger partial charge in [-0.05, 0) is 55.0 Å². The van der Waals surface area contributed by atoms with Gasteiger partial charge in [0.15, 0.2) is 0 Å². The van der Waals surface area contributed by atoms with E-state index >= 15 is 0 Å². The average Bonchev–Trinajstić information content (AvgIpc) is 3.58. The van der Waals surface area contributed by atoms with Gasteiger partial charge in [-0.3, -0.25) is 4.79 Å². The summed E-state index contributed by atoms with van der Waals surface area (Å²) in [5, 5.41) is 2.54. The number of hydrogen-bond acceptors (Lipinski definition) is 3. The third kappa shape index (κ3) is 4.15. The van der Waals surface area contributed by atoms with Crippen molar-refractivity contribution in [3.05, 3.63) is 59.0 Å². The number of nitrogens with one attached hydrogen (secondary N) is 1. The van der Waals surface area contributed by atoms with Gasteiger partial charge in [-0.2, -0.15) is 0 Å². The van der Waals surface area contributed by atoms with Crippen molar-refractivity contribution >= 4 is 11.9 Å². The van der Waals surface area contributed by atoms with Crippen molar-refractivity contribution in [3.8, 4) is 0 Å². The predicted molar refractivity (Wildman–Crippen MR) is 101 cm³/mol. The van der Waals surface area contributed by atoms with Gasteiger partial charge in [0.25, 0.3) is 5.91 Å². The highest BCUT2D eigenvalue weighted by atomic mass is 16.3. The van der Waals surface area contributed by atoms with Crippen LogP contribution in [0.25, 0.3) is 0 Å². The summed E-state index contributed by atoms with van der Waals surface area (Å²) < 4.78 is 6.00. The molecule has 1 aromatic heterocycles. The molecule has 1 aromatic carbocycles. The van der Waals surface area contributed by atoms with Crippen LogP contribution in [0.4, 0.5) is 4.79 Å². The molecule has 0 spiro atoms. The second-order valence-electron chi connectivity index (χ2n) is 7.70. The third-order valence-electron chi connectivity index (χ3n) is 5.40. The number of primary amides is 1. The van der Waals surface area contributed by atoms with Crippen LogP contribution in [-0.4, -0.2) is 22.9 Å². The number of carbonyl (C=O) groups is 2. The molecular weight excluding hydrogens is 342 g/mol. The zero-order chi connectivity index (χ0) is 19.0. The van der Waals surface area contributed by atoms with Gasteiger partial charge in [0.1, 0.15) is 11.5 Å². The van der Waals surface area contributed by atoms with E-state index in [-0.39, 0.29) is 5.91 Å². The number of hydrogen-bond donors (Lipinski definition) is 2. The summed E-state index contributed by atoms with van der Waals surface area (Å²) in [6.45, 7) is 3.09. The van der Waals surface area contributed by atoms with Crippen LogP contribution >= 0.6 is 0 Å². The van der Waals surface area contributed by atoms with Crippen LogP contribution in [-0.2, 0) is 13.1 Å². The maximum absolute atomic E-state index is 13.0. The smallest absolute Gasteiger partial charge is 0.312 e. The van der Waals surface area contributed by atoms with Crippen LogP contribution in [0.1, 0.15) is 59.5 Å². The summed E-state index contributed by atoms with van der Waals surface area (Å²) in [5.41, 5.74) is 6.63. The molecule has 0 bridgehead atoms. The van der Waals surface area contributed by atoms with Crippen LogP contribution < -0.4 is 11.1 Å². The van der Waals surface area contributed by atoms with E-state index in [1.54, 1.807) is 12.1 Å². The zero-order valence-corrected chi connectivity index (χ0v) is 15.5. The van der Waals surface area contributed by atoms with E-state index < -0.39 is 6.03 Å². The molecule has 6 heteroatoms. The predicted octanol–water partition coefficient (Wildman–Crippen LogP) is 3.38. The van der Waals surface area contributed by atoms with Crippen LogP contribution in [0.15, 0.2) is 40.8 Å². The number of nitrogens with zero attached hydrogens (tertiary/aromatic N) is 1. The van der Waals surface area contributed by atoms with Gasteiger partial charge < -0.3 is 20.4 Å². The minimum atomic E-state index is -0.562. The Morgan fingerprint density at radius 1 is 1.19 bits per heavy atom. The fourth-order valence-corrected chi connectivity index (χ4v) is 3.44. The molecule has 1 heterocycles. The number of benzene rings is 1. The lowest BCUT2D eigenvalue weighted by Gasteiger charge is -2.21. The lowest BCUT2D eigenvalue weighted by Crippen LogP contribution is -2.32. The maximum atomic E-state index is 13.0. The molecule has 0 saturated heterocycles. The highest BCUT2D eigenvalue weighted by molar-refractivity contribution is 5.94. The average molecular weight is 367 g/mol. The fourth-order valence-electron chi connectivity index (χ4n) is 3.44. The molecule has 3 amide bonds. The summed E-state index contributed by atoms with van der Waals surface area (Å²) in [6, 6.07) is 11.1. The topological polar surface area (TPSA) is 88.6 Å². The normalized spacial score (nSPS) is 20.9. The van der Waals surface area contributed by atoms with Crippen LogP contribution in [0.2, 0.25) is 0 Å². The second-order valence-corrected chi connectivity index (χ2v) is 7.70. The summed E-state index contributed by atoms with van der Waals surface area (Å²) in [6.07, 6.45) is 3.27. The zero-order valence-electron chi connectivity index (χ0n) is 15.5. The molecule has 3 N–H and O–H groups in total. The van der Waals surface area contributed by atoms with E-state index in [4.69, 9.17) is 10.2 Å². The van der Waals surface area contributed by atoms with E-state index in [2.05, 4.69) is 18.3 Å². The first-order valence-electron chi connectivity index (χ1n) is 9.53. The first-order valence-corrected chi connectivity index (χ1v) is 9.53. The lowest BCUT2D eigenvalue weighted by atomic mass is 10.1. The van der Waals surface area contributed by atoms with Gasteiger partial charge in [0, 0.05) is 24.1 Å². The molecule has 0 radical (unpaired) electrons. The fraction of sp³-hybridized carbons (Fsp3) is 0.429. The number of rotatable bonds is 7. The minimum absolute atomic E-state index is 0.0182. The van der Waals surface area contributed by atoms with E-state index in [0.29, 0.717) is 36.5 Å². The van der Waals surface area contributed by atoms with Gasteiger partial charge in [-0.1, -0.05) is 19.1 Å². The van der Waals surface area contributed by atoms with Gasteiger partial charge >= 0.3 is 6.03 Å². The number of amides is 3. The van der Waals surface area contributed by atoms with Crippen molar-refractivity contribution in [3.63, 3.8) is 0 Å². The van der Waals surface area contributed by atoms with Gasteiger partial charge in [-0.15, -0.1) is 0 Å². The van der Waals surface area contributed by atoms with Crippen molar-refractivity contribution in [1.82, 2.24) is 10.2 Å². The molecule has 2 saturated carbocycles. The molecule has 6 nitrogen and oxygen atoms in total. The van der Waals surface area contributed by atoms with E-state index in [9.17, 15) is 9.59 Å². The largest absolute Gasteiger partial charge is 0.464 e. The second kappa shape index (κ2) is 7.10. The molecule has 2 aromatic rings. The van der Waals surface area contributed by atoms with Crippen LogP contribution in [0.5, 0.6) is 0 Å². The van der Waals surface area contributed by atoms with Crippen molar-refractivity contribution in [2.24, 2.45) is 11.7 Å². The summed E-state index contributed by atoms with van der Waals surface area (Å²) in [7, 11) is 0. The Labute approximate surface area is 158 Å². The van der Waals surface area contributed by atoms with Crippen LogP contribution in [0, 0.1) is 5.92 Å². The van der Waals surface area contributed by atoms with Gasteiger partial charge in [0.05, 0.1) is 6.54 Å². The Balaban J connectivity index is 1.43. The Bertz CT molecular complexity index is 839. The molecule has 2 aliphatic carbocycles. The number of nitrogens with two attached hydrogens (primary N) is 1. The molecule has 142 valence electrons. The number of furan rings is 1. The highest BCUT2D eigenvalue weighted by Crippen LogP contribution is 2.47. The van der Waals surface area contributed by atoms with Crippen molar-refractivity contribution in [2.45, 2.75) is 51.2 Å². The SMILES string of the molecule is C[C@@H]1C[C@@H]1c1ccc(CN(C(=O)c2ccc(CNC(N)=O)cc2)C2CC2)o1. The Kier molecular flexibility index (Phi) is 4.64. The molecule has 2 fully saturated rings. The summed E-state index contributed by atoms with van der Waals surface area (Å²) in [5.74, 6) is 3.17. The third-order valence-corrected chi connectivity index (χ3v) is 5.40. The first kappa shape index (κ1) is 17.6. The quantitative estimate of drug-likeness (QED) is 0.786. The van der Waals surface area contributed by atoms with E-state index in [0.717, 1.165) is 29.9 Å². The van der Waals surface area contributed by atoms with Crippen LogP contribution in [0.3, 0.4) is 0 Å². The number of carbonyl (C=O) groups excluding carboxylic acids is 2. The van der Waals surface area contributed by atoms with Crippen molar-refractivity contribution in [2.75, 3.05) is 0 Å². The molecule has 27 heavy (non-hydrogen) atoms. The highest BCUT2D eigenvalue weighted by Gasteiger charge is 2.37. The molecule has 0 aliphatic heterocycles. The summed E-state index contributed by atoms with van der Waals surface area (Å²) >= 11 is 0. The van der Waals surface area contributed by atoms with Crippen molar-refractivity contribution < 1.29 is 14.0 Å². The first-order chi connectivity index (χ1) is 13.0. The Morgan fingerprint density at radius 3 is 2.48 bits per heavy atom. The Morgan fingerprint density at radius 2 is 1.89 bits per heavy atom. The van der Waals surface area contributed by atoms with E-state index in [1.807, 2.05) is 23.1 Å². The Hall–Kier alpha value is -2.76. The summed E-state index contributed by atoms with van der Waals surface area (Å²) in [4.78, 5) is 25.7. The molecule has 4 rings (SSSR count). The maximum Gasteiger partial charge on any atom is 0.312 e. The lowest BCUT2D eigenvalue weighted by molar-refractivity contribution is 0.0716. The molecular formula is C21H25N3O3. The number of urea groups is 1. The monoisotopic (exact) mass is 367 g/mol. The molecule has 2 atom stereocenters. The molecule has 2 aliphatic rings. The van der Waals surface area contributed by atoms with Gasteiger partial charge in [-0.25, -0.2) is 4.79 Å². The van der Waals surface area contributed by atoms with Gasteiger partial charge in [0.2, 0.25) is 0 Å².